The van der Waals surface area contributed by atoms with Crippen LogP contribution >= 0.6 is 0 Å². The van der Waals surface area contributed by atoms with Crippen LogP contribution in [0.3, 0.4) is 0 Å². The summed E-state index contributed by atoms with van der Waals surface area (Å²) in [4.78, 5) is 24.7. The highest BCUT2D eigenvalue weighted by molar-refractivity contribution is 5.79. The molecule has 4 nitrogen and oxygen atoms in total. The molecule has 0 heterocycles. The third kappa shape index (κ3) is 5.67. The number of carboxylic acids is 1. The second kappa shape index (κ2) is 8.92. The summed E-state index contributed by atoms with van der Waals surface area (Å²) in [6, 6.07) is 12.6. The van der Waals surface area contributed by atoms with E-state index in [1.54, 1.807) is 0 Å². The van der Waals surface area contributed by atoms with Crippen LogP contribution in [0.1, 0.15) is 24.0 Å². The van der Waals surface area contributed by atoms with Crippen LogP contribution in [-0.4, -0.2) is 28.4 Å². The first kappa shape index (κ1) is 18.6. The Morgan fingerprint density at radius 1 is 0.960 bits per heavy atom. The first-order valence-corrected chi connectivity index (χ1v) is 7.93. The fourth-order valence-electron chi connectivity index (χ4n) is 2.48. The van der Waals surface area contributed by atoms with E-state index in [0.717, 1.165) is 17.7 Å². The van der Waals surface area contributed by atoms with Gasteiger partial charge in [0.05, 0.1) is 6.42 Å². The third-order valence-electron chi connectivity index (χ3n) is 3.78. The summed E-state index contributed by atoms with van der Waals surface area (Å²) < 4.78 is 27.5. The van der Waals surface area contributed by atoms with E-state index in [-0.39, 0.29) is 31.5 Å². The maximum Gasteiger partial charge on any atom is 0.303 e. The van der Waals surface area contributed by atoms with Gasteiger partial charge in [-0.3, -0.25) is 9.59 Å². The van der Waals surface area contributed by atoms with Crippen molar-refractivity contribution in [2.75, 3.05) is 6.54 Å². The predicted molar refractivity (Wildman–Crippen MR) is 88.8 cm³/mol. The molecule has 0 spiro atoms. The second-order valence-electron chi connectivity index (χ2n) is 5.68. The van der Waals surface area contributed by atoms with Gasteiger partial charge in [0.25, 0.3) is 0 Å². The Hall–Kier alpha value is -2.76. The van der Waals surface area contributed by atoms with Crippen molar-refractivity contribution in [3.05, 3.63) is 71.3 Å². The van der Waals surface area contributed by atoms with Crippen LogP contribution in [0.15, 0.2) is 48.5 Å². The van der Waals surface area contributed by atoms with Gasteiger partial charge in [0.2, 0.25) is 5.91 Å². The van der Waals surface area contributed by atoms with Gasteiger partial charge in [0.15, 0.2) is 0 Å². The van der Waals surface area contributed by atoms with Crippen molar-refractivity contribution in [1.29, 1.82) is 0 Å². The highest BCUT2D eigenvalue weighted by Gasteiger charge is 2.19. The zero-order chi connectivity index (χ0) is 18.2. The molecule has 0 radical (unpaired) electrons. The van der Waals surface area contributed by atoms with Gasteiger partial charge in [-0.05, 0) is 24.1 Å². The summed E-state index contributed by atoms with van der Waals surface area (Å²) in [6.07, 6.45) is -0.210. The molecule has 0 aliphatic heterocycles. The molecule has 0 saturated carbocycles. The molecule has 0 bridgehead atoms. The minimum atomic E-state index is -0.952. The van der Waals surface area contributed by atoms with E-state index in [1.807, 2.05) is 30.3 Å². The van der Waals surface area contributed by atoms with Gasteiger partial charge in [-0.2, -0.15) is 0 Å². The lowest BCUT2D eigenvalue weighted by Crippen LogP contribution is -2.33. The first-order chi connectivity index (χ1) is 12.0. The van der Waals surface area contributed by atoms with Crippen molar-refractivity contribution in [3.8, 4) is 0 Å². The van der Waals surface area contributed by atoms with E-state index in [2.05, 4.69) is 0 Å². The van der Waals surface area contributed by atoms with Gasteiger partial charge in [-0.1, -0.05) is 36.4 Å². The molecule has 0 unspecified atom stereocenters. The minimum absolute atomic E-state index is 0.0768. The third-order valence-corrected chi connectivity index (χ3v) is 3.78. The number of amides is 1. The molecular weight excluding hydrogens is 328 g/mol. The van der Waals surface area contributed by atoms with E-state index >= 15 is 0 Å². The van der Waals surface area contributed by atoms with Gasteiger partial charge in [-0.15, -0.1) is 0 Å². The number of hydrogen-bond acceptors (Lipinski definition) is 2. The van der Waals surface area contributed by atoms with E-state index in [0.29, 0.717) is 0 Å². The largest absolute Gasteiger partial charge is 0.481 e. The lowest BCUT2D eigenvalue weighted by atomic mass is 10.1. The molecule has 132 valence electrons. The molecule has 6 heteroatoms. The van der Waals surface area contributed by atoms with Crippen molar-refractivity contribution >= 4 is 11.9 Å². The van der Waals surface area contributed by atoms with Crippen molar-refractivity contribution < 1.29 is 23.5 Å². The number of hydrogen-bond donors (Lipinski definition) is 1. The smallest absolute Gasteiger partial charge is 0.303 e. The molecule has 0 saturated heterocycles. The number of halogens is 2. The number of nitrogens with zero attached hydrogens (tertiary/aromatic N) is 1. The van der Waals surface area contributed by atoms with Crippen molar-refractivity contribution in [3.63, 3.8) is 0 Å². The molecule has 0 atom stereocenters. The quantitative estimate of drug-likeness (QED) is 0.796. The van der Waals surface area contributed by atoms with Crippen molar-refractivity contribution in [1.82, 2.24) is 4.90 Å². The highest BCUT2D eigenvalue weighted by atomic mass is 19.1. The molecule has 0 fully saturated rings. The lowest BCUT2D eigenvalue weighted by molar-refractivity contribution is -0.138. The SMILES string of the molecule is O=C(O)CCCN(Cc1ccccc1)C(=O)Cc1c(F)cccc1F. The summed E-state index contributed by atoms with van der Waals surface area (Å²) in [5.41, 5.74) is 0.587. The number of carboxylic acid groups (broad SMARTS) is 1. The van der Waals surface area contributed by atoms with Gasteiger partial charge >= 0.3 is 5.97 Å². The summed E-state index contributed by atoms with van der Waals surface area (Å²) in [7, 11) is 0. The van der Waals surface area contributed by atoms with Gasteiger partial charge in [0, 0.05) is 25.1 Å². The average Bonchev–Trinajstić information content (AvgIpc) is 2.58. The molecule has 0 aromatic heterocycles. The van der Waals surface area contributed by atoms with E-state index in [4.69, 9.17) is 5.11 Å². The summed E-state index contributed by atoms with van der Waals surface area (Å²) in [6.45, 7) is 0.464. The maximum absolute atomic E-state index is 13.8. The number of benzene rings is 2. The number of carbonyl (C=O) groups excluding carboxylic acids is 1. The fraction of sp³-hybridized carbons (Fsp3) is 0.263. The molecule has 25 heavy (non-hydrogen) atoms. The zero-order valence-corrected chi connectivity index (χ0v) is 13.6. The number of rotatable bonds is 8. The lowest BCUT2D eigenvalue weighted by Gasteiger charge is -2.23. The summed E-state index contributed by atoms with van der Waals surface area (Å²) >= 11 is 0. The Labute approximate surface area is 144 Å². The minimum Gasteiger partial charge on any atom is -0.481 e. The fourth-order valence-corrected chi connectivity index (χ4v) is 2.48. The Morgan fingerprint density at radius 2 is 1.60 bits per heavy atom. The standard InChI is InChI=1S/C19H19F2NO3/c20-16-8-4-9-17(21)15(16)12-18(23)22(11-5-10-19(24)25)13-14-6-2-1-3-7-14/h1-4,6-9H,5,10-13H2,(H,24,25). The molecule has 2 aromatic rings. The van der Waals surface area contributed by atoms with Gasteiger partial charge < -0.3 is 10.0 Å². The molecule has 0 aliphatic rings. The molecule has 0 aliphatic carbocycles. The van der Waals surface area contributed by atoms with E-state index in [1.165, 1.54) is 11.0 Å². The maximum atomic E-state index is 13.8. The van der Waals surface area contributed by atoms with E-state index in [9.17, 15) is 18.4 Å². The zero-order valence-electron chi connectivity index (χ0n) is 13.6. The van der Waals surface area contributed by atoms with Crippen molar-refractivity contribution in [2.45, 2.75) is 25.8 Å². The van der Waals surface area contributed by atoms with Crippen LogP contribution in [-0.2, 0) is 22.6 Å². The van der Waals surface area contributed by atoms with Gasteiger partial charge in [-0.25, -0.2) is 8.78 Å². The first-order valence-electron chi connectivity index (χ1n) is 7.93. The normalized spacial score (nSPS) is 10.5. The predicted octanol–water partition coefficient (Wildman–Crippen LogP) is 3.40. The summed E-state index contributed by atoms with van der Waals surface area (Å²) in [5.74, 6) is -2.93. The van der Waals surface area contributed by atoms with E-state index < -0.39 is 29.9 Å². The molecule has 2 rings (SSSR count). The van der Waals surface area contributed by atoms with Crippen LogP contribution < -0.4 is 0 Å². The van der Waals surface area contributed by atoms with Crippen LogP contribution in [0.2, 0.25) is 0 Å². The Morgan fingerprint density at radius 3 is 2.20 bits per heavy atom. The molecular formula is C19H19F2NO3. The number of carbonyl (C=O) groups is 2. The van der Waals surface area contributed by atoms with Crippen LogP contribution in [0.4, 0.5) is 8.78 Å². The Balaban J connectivity index is 2.12. The van der Waals surface area contributed by atoms with Crippen LogP contribution in [0.25, 0.3) is 0 Å². The molecule has 2 aromatic carbocycles. The van der Waals surface area contributed by atoms with Crippen LogP contribution in [0, 0.1) is 11.6 Å². The Kier molecular flexibility index (Phi) is 6.62. The molecule has 1 N–H and O–H groups in total. The Bertz CT molecular complexity index is 714. The van der Waals surface area contributed by atoms with Crippen LogP contribution in [0.5, 0.6) is 0 Å². The molecule has 1 amide bonds. The van der Waals surface area contributed by atoms with Crippen molar-refractivity contribution in [2.24, 2.45) is 0 Å². The second-order valence-corrected chi connectivity index (χ2v) is 5.68. The average molecular weight is 347 g/mol. The number of aliphatic carboxylic acids is 1. The monoisotopic (exact) mass is 347 g/mol. The topological polar surface area (TPSA) is 57.6 Å². The van der Waals surface area contributed by atoms with Gasteiger partial charge in [0.1, 0.15) is 11.6 Å². The summed E-state index contributed by atoms with van der Waals surface area (Å²) in [5, 5.41) is 8.76. The highest BCUT2D eigenvalue weighted by Crippen LogP contribution is 2.15.